The number of hydrogen-bond donors (Lipinski definition) is 2. The van der Waals surface area contributed by atoms with Crippen molar-refractivity contribution in [2.75, 3.05) is 5.32 Å². The molecule has 2 N–H and O–H groups in total. The number of anilines is 1. The van der Waals surface area contributed by atoms with Gasteiger partial charge >= 0.3 is 5.97 Å². The molecule has 0 radical (unpaired) electrons. The van der Waals surface area contributed by atoms with Crippen molar-refractivity contribution in [2.24, 2.45) is 0 Å². The van der Waals surface area contributed by atoms with Gasteiger partial charge in [0, 0.05) is 17.5 Å². The maximum absolute atomic E-state index is 13.1. The van der Waals surface area contributed by atoms with E-state index in [4.69, 9.17) is 14.6 Å². The van der Waals surface area contributed by atoms with Crippen LogP contribution in [0.4, 0.5) is 9.52 Å². The topological polar surface area (TPSA) is 111 Å². The SMILES string of the molecule is CC(C)Oc1cc(C(=O)Nc2nc(CC(=O)O)cs2)cc(Oc2ccc(F)cc2)n1. The number of rotatable bonds is 8. The number of carbonyl (C=O) groups excluding carboxylic acids is 1. The maximum atomic E-state index is 13.1. The van der Waals surface area contributed by atoms with Crippen LogP contribution in [0.2, 0.25) is 0 Å². The number of carbonyl (C=O) groups is 2. The highest BCUT2D eigenvalue weighted by atomic mass is 32.1. The highest BCUT2D eigenvalue weighted by Gasteiger charge is 2.15. The molecule has 0 saturated carbocycles. The molecule has 0 aliphatic rings. The van der Waals surface area contributed by atoms with Crippen LogP contribution in [0, 0.1) is 5.82 Å². The van der Waals surface area contributed by atoms with Gasteiger partial charge in [0.05, 0.1) is 23.8 Å². The molecule has 1 aromatic carbocycles. The number of nitrogens with zero attached hydrogens (tertiary/aromatic N) is 2. The smallest absolute Gasteiger partial charge is 0.309 e. The molecule has 0 spiro atoms. The molecule has 0 aliphatic heterocycles. The molecular weight excluding hydrogens is 413 g/mol. The fraction of sp³-hybridized carbons (Fsp3) is 0.200. The van der Waals surface area contributed by atoms with Crippen LogP contribution in [0.25, 0.3) is 0 Å². The van der Waals surface area contributed by atoms with Gasteiger partial charge in [-0.3, -0.25) is 14.9 Å². The molecule has 0 bridgehead atoms. The molecule has 156 valence electrons. The van der Waals surface area contributed by atoms with E-state index >= 15 is 0 Å². The Morgan fingerprint density at radius 2 is 1.87 bits per heavy atom. The summed E-state index contributed by atoms with van der Waals surface area (Å²) in [6.45, 7) is 3.63. The van der Waals surface area contributed by atoms with E-state index in [0.717, 1.165) is 11.3 Å². The number of hydrogen-bond acceptors (Lipinski definition) is 7. The molecule has 1 amide bonds. The molecule has 2 heterocycles. The van der Waals surface area contributed by atoms with Crippen LogP contribution in [0.15, 0.2) is 41.8 Å². The van der Waals surface area contributed by atoms with Crippen molar-refractivity contribution >= 4 is 28.3 Å². The van der Waals surface area contributed by atoms with Crippen LogP contribution < -0.4 is 14.8 Å². The first kappa shape index (κ1) is 21.2. The molecule has 0 saturated heterocycles. The van der Waals surface area contributed by atoms with Gasteiger partial charge in [0.1, 0.15) is 11.6 Å². The second-order valence-corrected chi connectivity index (χ2v) is 7.28. The normalized spacial score (nSPS) is 10.7. The van der Waals surface area contributed by atoms with E-state index in [1.165, 1.54) is 36.4 Å². The minimum Gasteiger partial charge on any atom is -0.481 e. The number of benzene rings is 1. The number of halogens is 1. The van der Waals surface area contributed by atoms with Crippen LogP contribution >= 0.6 is 11.3 Å². The largest absolute Gasteiger partial charge is 0.481 e. The van der Waals surface area contributed by atoms with E-state index in [1.807, 2.05) is 13.8 Å². The predicted molar refractivity (Wildman–Crippen MR) is 108 cm³/mol. The Bertz CT molecular complexity index is 1050. The Hall–Kier alpha value is -3.53. The Kier molecular flexibility index (Phi) is 6.58. The molecule has 2 aromatic heterocycles. The summed E-state index contributed by atoms with van der Waals surface area (Å²) in [6.07, 6.45) is -0.420. The summed E-state index contributed by atoms with van der Waals surface area (Å²) in [7, 11) is 0. The number of ether oxygens (including phenoxy) is 2. The van der Waals surface area contributed by atoms with Crippen LogP contribution in [-0.4, -0.2) is 33.1 Å². The fourth-order valence-electron chi connectivity index (χ4n) is 2.36. The third kappa shape index (κ3) is 5.98. The van der Waals surface area contributed by atoms with Crippen molar-refractivity contribution in [3.63, 3.8) is 0 Å². The van der Waals surface area contributed by atoms with Gasteiger partial charge in [-0.15, -0.1) is 11.3 Å². The molecule has 10 heteroatoms. The molecule has 0 atom stereocenters. The molecule has 30 heavy (non-hydrogen) atoms. The van der Waals surface area contributed by atoms with Gasteiger partial charge in [0.25, 0.3) is 5.91 Å². The molecule has 0 unspecified atom stereocenters. The van der Waals surface area contributed by atoms with Gasteiger partial charge in [-0.2, -0.15) is 4.98 Å². The lowest BCUT2D eigenvalue weighted by Gasteiger charge is -2.12. The van der Waals surface area contributed by atoms with Gasteiger partial charge in [-0.05, 0) is 38.1 Å². The average Bonchev–Trinajstić information content (AvgIpc) is 3.09. The van der Waals surface area contributed by atoms with Crippen LogP contribution in [0.1, 0.15) is 29.9 Å². The molecule has 8 nitrogen and oxygen atoms in total. The quantitative estimate of drug-likeness (QED) is 0.551. The van der Waals surface area contributed by atoms with Crippen molar-refractivity contribution in [1.82, 2.24) is 9.97 Å². The zero-order chi connectivity index (χ0) is 21.7. The number of carboxylic acids is 1. The molecular formula is C20H18FN3O5S. The van der Waals surface area contributed by atoms with E-state index in [9.17, 15) is 14.0 Å². The number of pyridine rings is 1. The van der Waals surface area contributed by atoms with E-state index in [1.54, 1.807) is 5.38 Å². The zero-order valence-corrected chi connectivity index (χ0v) is 16.9. The van der Waals surface area contributed by atoms with Crippen molar-refractivity contribution < 1.29 is 28.6 Å². The first-order valence-corrected chi connectivity index (χ1v) is 9.76. The monoisotopic (exact) mass is 431 g/mol. The first-order chi connectivity index (χ1) is 14.3. The Morgan fingerprint density at radius 1 is 1.17 bits per heavy atom. The summed E-state index contributed by atoms with van der Waals surface area (Å²) >= 11 is 1.12. The summed E-state index contributed by atoms with van der Waals surface area (Å²) in [5, 5.41) is 13.3. The lowest BCUT2D eigenvalue weighted by Crippen LogP contribution is -2.14. The van der Waals surface area contributed by atoms with Crippen molar-refractivity contribution in [3.8, 4) is 17.5 Å². The zero-order valence-electron chi connectivity index (χ0n) is 16.1. The lowest BCUT2D eigenvalue weighted by molar-refractivity contribution is -0.136. The highest BCUT2D eigenvalue weighted by molar-refractivity contribution is 7.14. The maximum Gasteiger partial charge on any atom is 0.309 e. The van der Waals surface area contributed by atoms with Crippen molar-refractivity contribution in [2.45, 2.75) is 26.4 Å². The fourth-order valence-corrected chi connectivity index (χ4v) is 3.06. The molecule has 3 rings (SSSR count). The van der Waals surface area contributed by atoms with Crippen LogP contribution in [0.3, 0.4) is 0 Å². The van der Waals surface area contributed by atoms with E-state index < -0.39 is 17.7 Å². The number of nitrogens with one attached hydrogen (secondary N) is 1. The van der Waals surface area contributed by atoms with Crippen LogP contribution in [0.5, 0.6) is 17.5 Å². The summed E-state index contributed by atoms with van der Waals surface area (Å²) in [4.78, 5) is 31.8. The van der Waals surface area contributed by atoms with Gasteiger partial charge in [0.15, 0.2) is 5.13 Å². The lowest BCUT2D eigenvalue weighted by atomic mass is 10.2. The average molecular weight is 431 g/mol. The molecule has 0 fully saturated rings. The minimum absolute atomic E-state index is 0.0932. The summed E-state index contributed by atoms with van der Waals surface area (Å²) in [6, 6.07) is 8.23. The Morgan fingerprint density at radius 3 is 2.53 bits per heavy atom. The van der Waals surface area contributed by atoms with Crippen molar-refractivity contribution in [3.05, 3.63) is 58.9 Å². The first-order valence-electron chi connectivity index (χ1n) is 8.88. The third-order valence-corrected chi connectivity index (χ3v) is 4.34. The predicted octanol–water partition coefficient (Wildman–Crippen LogP) is 4.14. The third-order valence-electron chi connectivity index (χ3n) is 3.54. The second-order valence-electron chi connectivity index (χ2n) is 6.42. The highest BCUT2D eigenvalue weighted by Crippen LogP contribution is 2.25. The Balaban J connectivity index is 1.82. The Labute approximate surface area is 175 Å². The van der Waals surface area contributed by atoms with Crippen LogP contribution in [-0.2, 0) is 11.2 Å². The van der Waals surface area contributed by atoms with E-state index in [-0.39, 0.29) is 35.0 Å². The van der Waals surface area contributed by atoms with E-state index in [0.29, 0.717) is 11.4 Å². The summed E-state index contributed by atoms with van der Waals surface area (Å²) in [5.74, 6) is -1.29. The summed E-state index contributed by atoms with van der Waals surface area (Å²) < 4.78 is 24.3. The standard InChI is InChI=1S/C20H18FN3O5S/c1-11(2)28-16-7-12(8-17(23-16)29-15-5-3-13(21)4-6-15)19(27)24-20-22-14(10-30-20)9-18(25)26/h3-8,10-11H,9H2,1-2H3,(H,25,26)(H,22,24,27). The molecule has 3 aromatic rings. The number of amides is 1. The van der Waals surface area contributed by atoms with Gasteiger partial charge < -0.3 is 14.6 Å². The molecule has 0 aliphatic carbocycles. The second kappa shape index (κ2) is 9.31. The van der Waals surface area contributed by atoms with E-state index in [2.05, 4.69) is 15.3 Å². The number of thiazole rings is 1. The summed E-state index contributed by atoms with van der Waals surface area (Å²) in [5.41, 5.74) is 0.550. The van der Waals surface area contributed by atoms with Gasteiger partial charge in [-0.1, -0.05) is 0 Å². The van der Waals surface area contributed by atoms with Crippen molar-refractivity contribution in [1.29, 1.82) is 0 Å². The number of carboxylic acid groups (broad SMARTS) is 1. The van der Waals surface area contributed by atoms with Gasteiger partial charge in [-0.25, -0.2) is 9.37 Å². The van der Waals surface area contributed by atoms with Gasteiger partial charge in [0.2, 0.25) is 11.8 Å². The minimum atomic E-state index is -1.01. The number of aliphatic carboxylic acids is 1. The number of aromatic nitrogens is 2.